The summed E-state index contributed by atoms with van der Waals surface area (Å²) in [5.74, 6) is 0.290. The van der Waals surface area contributed by atoms with Crippen molar-refractivity contribution >= 4 is 27.1 Å². The van der Waals surface area contributed by atoms with Crippen LogP contribution in [-0.4, -0.2) is 14.2 Å². The number of anilines is 1. The molecule has 0 aliphatic carbocycles. The van der Waals surface area contributed by atoms with Gasteiger partial charge in [0.25, 0.3) is 0 Å². The highest BCUT2D eigenvalue weighted by Gasteiger charge is 2.24. The predicted molar refractivity (Wildman–Crippen MR) is 81.2 cm³/mol. The van der Waals surface area contributed by atoms with Gasteiger partial charge in [-0.25, -0.2) is 8.42 Å². The lowest BCUT2D eigenvalue weighted by Gasteiger charge is -2.16. The van der Waals surface area contributed by atoms with E-state index in [1.54, 1.807) is 18.2 Å². The summed E-state index contributed by atoms with van der Waals surface area (Å²) in [6.45, 7) is 4.12. The maximum absolute atomic E-state index is 12.4. The van der Waals surface area contributed by atoms with Crippen LogP contribution in [0.5, 0.6) is 0 Å². The fourth-order valence-electron chi connectivity index (χ4n) is 2.15. The van der Waals surface area contributed by atoms with E-state index in [1.165, 1.54) is 0 Å². The third-order valence-corrected chi connectivity index (χ3v) is 5.72. The van der Waals surface area contributed by atoms with Crippen LogP contribution in [0.4, 0.5) is 5.69 Å². The van der Waals surface area contributed by atoms with Gasteiger partial charge < -0.3 is 5.73 Å². The molecule has 1 atom stereocenters. The Balaban J connectivity index is 2.97. The van der Waals surface area contributed by atoms with E-state index in [-0.39, 0.29) is 27.3 Å². The van der Waals surface area contributed by atoms with Crippen LogP contribution >= 0.6 is 11.6 Å². The first-order chi connectivity index (χ1) is 8.92. The van der Waals surface area contributed by atoms with Crippen LogP contribution in [0.3, 0.4) is 0 Å². The predicted octanol–water partition coefficient (Wildman–Crippen LogP) is 3.91. The van der Waals surface area contributed by atoms with Gasteiger partial charge in [-0.1, -0.05) is 50.8 Å². The number of nitrogens with two attached hydrogens (primary N) is 1. The molecule has 1 rings (SSSR count). The van der Waals surface area contributed by atoms with Crippen LogP contribution in [-0.2, 0) is 9.84 Å². The van der Waals surface area contributed by atoms with Gasteiger partial charge in [0.05, 0.1) is 16.5 Å². The molecule has 108 valence electrons. The average Bonchev–Trinajstić information content (AvgIpc) is 2.33. The zero-order valence-electron chi connectivity index (χ0n) is 11.5. The van der Waals surface area contributed by atoms with Crippen molar-refractivity contribution in [1.29, 1.82) is 0 Å². The van der Waals surface area contributed by atoms with Crippen molar-refractivity contribution in [3.05, 3.63) is 23.2 Å². The molecule has 0 aliphatic heterocycles. The Morgan fingerprint density at radius 2 is 2.00 bits per heavy atom. The molecule has 0 fully saturated rings. The lowest BCUT2D eigenvalue weighted by Crippen LogP contribution is -2.17. The van der Waals surface area contributed by atoms with Crippen molar-refractivity contribution < 1.29 is 8.42 Å². The summed E-state index contributed by atoms with van der Waals surface area (Å²) in [6.07, 6.45) is 3.90. The Morgan fingerprint density at radius 1 is 1.32 bits per heavy atom. The van der Waals surface area contributed by atoms with Crippen molar-refractivity contribution in [1.82, 2.24) is 0 Å². The van der Waals surface area contributed by atoms with E-state index < -0.39 is 9.84 Å². The van der Waals surface area contributed by atoms with Crippen LogP contribution in [0, 0.1) is 5.92 Å². The van der Waals surface area contributed by atoms with Gasteiger partial charge in [-0.05, 0) is 24.5 Å². The smallest absolute Gasteiger partial charge is 0.182 e. The summed E-state index contributed by atoms with van der Waals surface area (Å²) in [7, 11) is -3.42. The minimum Gasteiger partial charge on any atom is -0.398 e. The Hall–Kier alpha value is -0.740. The molecule has 0 saturated carbocycles. The van der Waals surface area contributed by atoms with Crippen LogP contribution in [0.2, 0.25) is 5.02 Å². The standard InChI is InChI=1S/C14H22ClNO2S/c1-3-5-7-11(4-2)10-19(17,18)14-12(15)8-6-9-13(14)16/h6,8-9,11H,3-5,7,10,16H2,1-2H3. The Labute approximate surface area is 121 Å². The first kappa shape index (κ1) is 16.3. The number of sulfone groups is 1. The van der Waals surface area contributed by atoms with E-state index >= 15 is 0 Å². The second kappa shape index (κ2) is 7.15. The minimum absolute atomic E-state index is 0.0895. The van der Waals surface area contributed by atoms with Crippen LogP contribution < -0.4 is 5.73 Å². The quantitative estimate of drug-likeness (QED) is 0.777. The number of hydrogen-bond donors (Lipinski definition) is 1. The molecular formula is C14H22ClNO2S. The van der Waals surface area contributed by atoms with E-state index in [4.69, 9.17) is 17.3 Å². The van der Waals surface area contributed by atoms with Crippen LogP contribution in [0.1, 0.15) is 39.5 Å². The normalized spacial score (nSPS) is 13.4. The molecule has 19 heavy (non-hydrogen) atoms. The van der Waals surface area contributed by atoms with Gasteiger partial charge >= 0.3 is 0 Å². The highest BCUT2D eigenvalue weighted by atomic mass is 35.5. The molecule has 0 amide bonds. The van der Waals surface area contributed by atoms with Gasteiger partial charge in [0, 0.05) is 0 Å². The largest absolute Gasteiger partial charge is 0.398 e. The highest BCUT2D eigenvalue weighted by molar-refractivity contribution is 7.91. The van der Waals surface area contributed by atoms with Gasteiger partial charge in [-0.3, -0.25) is 0 Å². The summed E-state index contributed by atoms with van der Waals surface area (Å²) < 4.78 is 24.9. The molecular weight excluding hydrogens is 282 g/mol. The number of unbranched alkanes of at least 4 members (excludes halogenated alkanes) is 1. The van der Waals surface area contributed by atoms with Gasteiger partial charge in [-0.15, -0.1) is 0 Å². The topological polar surface area (TPSA) is 60.2 Å². The number of nitrogen functional groups attached to an aromatic ring is 1. The average molecular weight is 304 g/mol. The fraction of sp³-hybridized carbons (Fsp3) is 0.571. The minimum atomic E-state index is -3.42. The molecule has 0 radical (unpaired) electrons. The van der Waals surface area contributed by atoms with Crippen LogP contribution in [0.15, 0.2) is 23.1 Å². The van der Waals surface area contributed by atoms with Gasteiger partial charge in [0.1, 0.15) is 4.90 Å². The van der Waals surface area contributed by atoms with Gasteiger partial charge in [0.2, 0.25) is 0 Å². The summed E-state index contributed by atoms with van der Waals surface area (Å²) >= 11 is 5.99. The second-order valence-electron chi connectivity index (χ2n) is 4.86. The van der Waals surface area contributed by atoms with Crippen molar-refractivity contribution in [2.75, 3.05) is 11.5 Å². The second-order valence-corrected chi connectivity index (χ2v) is 7.23. The lowest BCUT2D eigenvalue weighted by molar-refractivity contribution is 0.484. The lowest BCUT2D eigenvalue weighted by atomic mass is 10.0. The van der Waals surface area contributed by atoms with Gasteiger partial charge in [0.15, 0.2) is 9.84 Å². The highest BCUT2D eigenvalue weighted by Crippen LogP contribution is 2.30. The summed E-state index contributed by atoms with van der Waals surface area (Å²) in [5, 5.41) is 0.213. The van der Waals surface area contributed by atoms with E-state index in [9.17, 15) is 8.42 Å². The molecule has 1 unspecified atom stereocenters. The maximum atomic E-state index is 12.4. The Kier molecular flexibility index (Phi) is 6.14. The molecule has 1 aromatic carbocycles. The Morgan fingerprint density at radius 3 is 2.53 bits per heavy atom. The molecule has 5 heteroatoms. The van der Waals surface area contributed by atoms with E-state index in [1.807, 2.05) is 6.92 Å². The number of rotatable bonds is 7. The molecule has 0 bridgehead atoms. The molecule has 0 saturated heterocycles. The van der Waals surface area contributed by atoms with Crippen molar-refractivity contribution in [3.8, 4) is 0 Å². The number of benzene rings is 1. The molecule has 3 nitrogen and oxygen atoms in total. The molecule has 0 aromatic heterocycles. The first-order valence-corrected chi connectivity index (χ1v) is 8.72. The summed E-state index contributed by atoms with van der Waals surface area (Å²) in [6, 6.07) is 4.80. The van der Waals surface area contributed by atoms with Crippen LogP contribution in [0.25, 0.3) is 0 Å². The first-order valence-electron chi connectivity index (χ1n) is 6.69. The zero-order valence-corrected chi connectivity index (χ0v) is 13.1. The SMILES string of the molecule is CCCCC(CC)CS(=O)(=O)c1c(N)cccc1Cl. The Bertz CT molecular complexity index is 494. The van der Waals surface area contributed by atoms with Gasteiger partial charge in [-0.2, -0.15) is 0 Å². The number of halogens is 1. The molecule has 1 aromatic rings. The van der Waals surface area contributed by atoms with Crippen molar-refractivity contribution in [3.63, 3.8) is 0 Å². The zero-order chi connectivity index (χ0) is 14.5. The third-order valence-electron chi connectivity index (χ3n) is 3.31. The molecule has 0 aliphatic rings. The summed E-state index contributed by atoms with van der Waals surface area (Å²) in [5.41, 5.74) is 6.00. The molecule has 2 N–H and O–H groups in total. The maximum Gasteiger partial charge on any atom is 0.182 e. The summed E-state index contributed by atoms with van der Waals surface area (Å²) in [4.78, 5) is 0.0895. The van der Waals surface area contributed by atoms with Crippen molar-refractivity contribution in [2.45, 2.75) is 44.4 Å². The fourth-order valence-corrected chi connectivity index (χ4v) is 4.66. The molecule has 0 spiro atoms. The molecule has 0 heterocycles. The van der Waals surface area contributed by atoms with E-state index in [0.29, 0.717) is 0 Å². The van der Waals surface area contributed by atoms with E-state index in [2.05, 4.69) is 6.92 Å². The monoisotopic (exact) mass is 303 g/mol. The van der Waals surface area contributed by atoms with Crippen molar-refractivity contribution in [2.24, 2.45) is 5.92 Å². The number of hydrogen-bond acceptors (Lipinski definition) is 3. The third kappa shape index (κ3) is 4.39. The van der Waals surface area contributed by atoms with E-state index in [0.717, 1.165) is 25.7 Å².